The molecule has 0 aromatic heterocycles. The van der Waals surface area contributed by atoms with Crippen molar-refractivity contribution in [3.8, 4) is 11.1 Å². The molecule has 0 radical (unpaired) electrons. The lowest BCUT2D eigenvalue weighted by atomic mass is 9.78. The zero-order valence-electron chi connectivity index (χ0n) is 15.6. The number of fused-ring (bicyclic) bond motifs is 10. The summed E-state index contributed by atoms with van der Waals surface area (Å²) in [5, 5.41) is 8.17. The SMILES string of the molecule is CC1(C)c2c(ccc3ccccc23)-c2c1c1ccccc1c1ccccc21. The van der Waals surface area contributed by atoms with Crippen LogP contribution in [0.15, 0.2) is 84.9 Å². The summed E-state index contributed by atoms with van der Waals surface area (Å²) in [4.78, 5) is 0. The maximum absolute atomic E-state index is 2.39. The Morgan fingerprint density at radius 1 is 0.481 bits per heavy atom. The van der Waals surface area contributed by atoms with Crippen LogP contribution in [-0.4, -0.2) is 0 Å². The molecular weight excluding hydrogens is 324 g/mol. The van der Waals surface area contributed by atoms with Gasteiger partial charge in [-0.2, -0.15) is 0 Å². The van der Waals surface area contributed by atoms with Gasteiger partial charge in [0.25, 0.3) is 0 Å². The summed E-state index contributed by atoms with van der Waals surface area (Å²) < 4.78 is 0. The topological polar surface area (TPSA) is 0 Å². The Morgan fingerprint density at radius 3 is 1.78 bits per heavy atom. The molecule has 0 amide bonds. The predicted molar refractivity (Wildman–Crippen MR) is 117 cm³/mol. The Labute approximate surface area is 159 Å². The van der Waals surface area contributed by atoms with E-state index in [-0.39, 0.29) is 5.41 Å². The Balaban J connectivity index is 1.92. The molecule has 0 saturated carbocycles. The predicted octanol–water partition coefficient (Wildman–Crippen LogP) is 7.45. The van der Waals surface area contributed by atoms with Crippen molar-refractivity contribution in [1.29, 1.82) is 0 Å². The lowest BCUT2D eigenvalue weighted by Gasteiger charge is -2.25. The first-order valence-electron chi connectivity index (χ1n) is 9.64. The molecule has 0 bridgehead atoms. The zero-order chi connectivity index (χ0) is 18.2. The fraction of sp³-hybridized carbons (Fsp3) is 0.111. The van der Waals surface area contributed by atoms with Crippen molar-refractivity contribution in [2.24, 2.45) is 0 Å². The molecule has 0 nitrogen and oxygen atoms in total. The van der Waals surface area contributed by atoms with Crippen LogP contribution in [0.25, 0.3) is 43.4 Å². The van der Waals surface area contributed by atoms with Crippen molar-refractivity contribution >= 4 is 32.3 Å². The average molecular weight is 344 g/mol. The van der Waals surface area contributed by atoms with Gasteiger partial charge in [-0.25, -0.2) is 0 Å². The molecule has 5 aromatic carbocycles. The highest BCUT2D eigenvalue weighted by Crippen LogP contribution is 2.56. The lowest BCUT2D eigenvalue weighted by molar-refractivity contribution is 0.672. The van der Waals surface area contributed by atoms with Gasteiger partial charge >= 0.3 is 0 Å². The van der Waals surface area contributed by atoms with Crippen LogP contribution in [0.4, 0.5) is 0 Å². The molecule has 0 heterocycles. The molecule has 0 atom stereocenters. The second-order valence-electron chi connectivity index (χ2n) is 8.18. The molecule has 6 rings (SSSR count). The number of rotatable bonds is 0. The van der Waals surface area contributed by atoms with Crippen molar-refractivity contribution in [2.45, 2.75) is 19.3 Å². The van der Waals surface area contributed by atoms with Crippen molar-refractivity contribution in [1.82, 2.24) is 0 Å². The third-order valence-electron chi connectivity index (χ3n) is 6.38. The van der Waals surface area contributed by atoms with Crippen molar-refractivity contribution in [3.63, 3.8) is 0 Å². The second kappa shape index (κ2) is 4.98. The van der Waals surface area contributed by atoms with Gasteiger partial charge in [0, 0.05) is 5.41 Å². The van der Waals surface area contributed by atoms with E-state index in [1.54, 1.807) is 0 Å². The van der Waals surface area contributed by atoms with Gasteiger partial charge in [0.15, 0.2) is 0 Å². The highest BCUT2D eigenvalue weighted by Gasteiger charge is 2.39. The van der Waals surface area contributed by atoms with Gasteiger partial charge in [-0.05, 0) is 54.6 Å². The van der Waals surface area contributed by atoms with Gasteiger partial charge in [0.05, 0.1) is 0 Å². The molecule has 0 saturated heterocycles. The van der Waals surface area contributed by atoms with Crippen LogP contribution in [0.1, 0.15) is 25.0 Å². The minimum atomic E-state index is -0.0326. The van der Waals surface area contributed by atoms with Crippen LogP contribution in [0.3, 0.4) is 0 Å². The molecule has 1 aliphatic carbocycles. The van der Waals surface area contributed by atoms with Gasteiger partial charge in [-0.15, -0.1) is 0 Å². The Hall–Kier alpha value is -3.12. The van der Waals surface area contributed by atoms with Crippen molar-refractivity contribution in [3.05, 3.63) is 96.1 Å². The van der Waals surface area contributed by atoms with Crippen LogP contribution >= 0.6 is 0 Å². The Morgan fingerprint density at radius 2 is 1.04 bits per heavy atom. The van der Waals surface area contributed by atoms with Gasteiger partial charge < -0.3 is 0 Å². The first kappa shape index (κ1) is 15.0. The van der Waals surface area contributed by atoms with Crippen molar-refractivity contribution < 1.29 is 0 Å². The summed E-state index contributed by atoms with van der Waals surface area (Å²) in [5.74, 6) is 0. The molecule has 0 fully saturated rings. The number of hydrogen-bond acceptors (Lipinski definition) is 0. The van der Waals surface area contributed by atoms with Crippen LogP contribution in [0.2, 0.25) is 0 Å². The van der Waals surface area contributed by atoms with E-state index in [4.69, 9.17) is 0 Å². The first-order valence-corrected chi connectivity index (χ1v) is 9.64. The first-order chi connectivity index (χ1) is 13.2. The second-order valence-corrected chi connectivity index (χ2v) is 8.18. The minimum absolute atomic E-state index is 0.0326. The fourth-order valence-corrected chi connectivity index (χ4v) is 5.35. The van der Waals surface area contributed by atoms with E-state index in [0.29, 0.717) is 0 Å². The smallest absolute Gasteiger partial charge is 0.0171 e. The molecule has 1 aliphatic rings. The summed E-state index contributed by atoms with van der Waals surface area (Å²) in [5.41, 5.74) is 5.74. The van der Waals surface area contributed by atoms with Crippen LogP contribution in [0, 0.1) is 0 Å². The monoisotopic (exact) mass is 344 g/mol. The van der Waals surface area contributed by atoms with Gasteiger partial charge in [0.2, 0.25) is 0 Å². The van der Waals surface area contributed by atoms with E-state index in [0.717, 1.165) is 0 Å². The third kappa shape index (κ3) is 1.78. The Bertz CT molecular complexity index is 1390. The largest absolute Gasteiger partial charge is 0.0616 e. The minimum Gasteiger partial charge on any atom is -0.0616 e. The number of benzene rings is 5. The molecule has 0 aliphatic heterocycles. The summed E-state index contributed by atoms with van der Waals surface area (Å²) in [6.45, 7) is 4.79. The van der Waals surface area contributed by atoms with E-state index < -0.39 is 0 Å². The highest BCUT2D eigenvalue weighted by molar-refractivity contribution is 6.19. The molecule has 0 spiro atoms. The molecule has 5 aromatic rings. The van der Waals surface area contributed by atoms with Gasteiger partial charge in [-0.3, -0.25) is 0 Å². The zero-order valence-corrected chi connectivity index (χ0v) is 15.6. The molecule has 0 N–H and O–H groups in total. The third-order valence-corrected chi connectivity index (χ3v) is 6.38. The molecule has 128 valence electrons. The Kier molecular flexibility index (Phi) is 2.77. The molecule has 27 heavy (non-hydrogen) atoms. The van der Waals surface area contributed by atoms with Gasteiger partial charge in [0.1, 0.15) is 0 Å². The summed E-state index contributed by atoms with van der Waals surface area (Å²) >= 11 is 0. The quantitative estimate of drug-likeness (QED) is 0.256. The van der Waals surface area contributed by atoms with E-state index in [1.807, 2.05) is 0 Å². The average Bonchev–Trinajstić information content (AvgIpc) is 2.96. The summed E-state index contributed by atoms with van der Waals surface area (Å²) in [6.07, 6.45) is 0. The molecule has 0 heteroatoms. The molecule has 0 unspecified atom stereocenters. The maximum Gasteiger partial charge on any atom is 0.0171 e. The van der Waals surface area contributed by atoms with Crippen LogP contribution in [0.5, 0.6) is 0 Å². The summed E-state index contributed by atoms with van der Waals surface area (Å²) in [7, 11) is 0. The van der Waals surface area contributed by atoms with E-state index >= 15 is 0 Å². The highest BCUT2D eigenvalue weighted by atomic mass is 14.4. The van der Waals surface area contributed by atoms with Gasteiger partial charge in [-0.1, -0.05) is 98.8 Å². The van der Waals surface area contributed by atoms with Crippen LogP contribution in [-0.2, 0) is 5.41 Å². The lowest BCUT2D eigenvalue weighted by Crippen LogP contribution is -2.16. The van der Waals surface area contributed by atoms with E-state index in [1.165, 1.54) is 54.6 Å². The standard InChI is InChI=1S/C27H20/c1-27(2)25-18-10-4-3-9-17(18)15-16-23(25)24-21-13-7-5-11-19(21)20-12-6-8-14-22(20)26(24)27/h3-16H,1-2H3. The number of hydrogen-bond donors (Lipinski definition) is 0. The van der Waals surface area contributed by atoms with E-state index in [2.05, 4.69) is 98.8 Å². The summed E-state index contributed by atoms with van der Waals surface area (Å²) in [6, 6.07) is 31.2. The fourth-order valence-electron chi connectivity index (χ4n) is 5.35. The van der Waals surface area contributed by atoms with Crippen LogP contribution < -0.4 is 0 Å². The maximum atomic E-state index is 2.39. The normalized spacial score (nSPS) is 14.6. The molecular formula is C27H20. The van der Waals surface area contributed by atoms with Crippen molar-refractivity contribution in [2.75, 3.05) is 0 Å². The van der Waals surface area contributed by atoms with E-state index in [9.17, 15) is 0 Å².